The minimum Gasteiger partial charge on any atom is -0.355 e. The van der Waals surface area contributed by atoms with Gasteiger partial charge in [0.2, 0.25) is 11.9 Å². The van der Waals surface area contributed by atoms with E-state index in [4.69, 9.17) is 9.97 Å². The molecule has 1 atom stereocenters. The highest BCUT2D eigenvalue weighted by atomic mass is 16.1. The van der Waals surface area contributed by atoms with Crippen molar-refractivity contribution in [2.45, 2.75) is 50.4 Å². The van der Waals surface area contributed by atoms with E-state index in [1.54, 1.807) is 0 Å². The maximum atomic E-state index is 11.9. The molecule has 0 bridgehead atoms. The number of carbonyl (C=O) groups excluding carboxylic acids is 1. The molecule has 138 valence electrons. The fourth-order valence-electron chi connectivity index (χ4n) is 5.33. The quantitative estimate of drug-likeness (QED) is 0.894. The molecule has 1 N–H and O–H groups in total. The Morgan fingerprint density at radius 2 is 2.00 bits per heavy atom. The number of fused-ring (bicyclic) bond motifs is 3. The molecule has 6 rings (SSSR count). The van der Waals surface area contributed by atoms with E-state index in [1.807, 2.05) is 0 Å². The average Bonchev–Trinajstić information content (AvgIpc) is 3.33. The van der Waals surface area contributed by atoms with Crippen LogP contribution in [-0.4, -0.2) is 35.5 Å². The number of aromatic nitrogens is 2. The standard InChI is InChI=1S/C22H24N4O/c27-19-12-22(13-23-19)8-7-14-5-6-15(11-17(14)22)20-16-3-1-4-18(16)24-21(25-20)26-9-2-10-26/h5-6,11H,1-4,7-10,12-13H2,(H,23,27). The molecule has 1 aromatic heterocycles. The van der Waals surface area contributed by atoms with E-state index in [-0.39, 0.29) is 11.3 Å². The van der Waals surface area contributed by atoms with Crippen molar-refractivity contribution in [2.24, 2.45) is 0 Å². The number of rotatable bonds is 2. The third-order valence-corrected chi connectivity index (χ3v) is 7.01. The molecule has 4 aliphatic rings. The van der Waals surface area contributed by atoms with Gasteiger partial charge in [0.25, 0.3) is 0 Å². The van der Waals surface area contributed by atoms with E-state index in [0.29, 0.717) is 6.42 Å². The van der Waals surface area contributed by atoms with E-state index < -0.39 is 0 Å². The summed E-state index contributed by atoms with van der Waals surface area (Å²) in [4.78, 5) is 24.1. The van der Waals surface area contributed by atoms with Crippen LogP contribution >= 0.6 is 0 Å². The molecule has 2 aliphatic heterocycles. The van der Waals surface area contributed by atoms with E-state index in [2.05, 4.69) is 28.4 Å². The lowest BCUT2D eigenvalue weighted by Crippen LogP contribution is -2.38. The Morgan fingerprint density at radius 1 is 1.07 bits per heavy atom. The maximum Gasteiger partial charge on any atom is 0.226 e. The van der Waals surface area contributed by atoms with Gasteiger partial charge in [0.05, 0.1) is 5.69 Å². The number of aryl methyl sites for hydroxylation is 2. The van der Waals surface area contributed by atoms with Crippen molar-refractivity contribution in [3.05, 3.63) is 40.6 Å². The Kier molecular flexibility index (Phi) is 3.20. The van der Waals surface area contributed by atoms with Gasteiger partial charge in [0.15, 0.2) is 0 Å². The number of benzene rings is 1. The molecular formula is C22H24N4O. The SMILES string of the molecule is O=C1CC2(CCc3ccc(-c4nc(N5CCC5)nc5c4CCC5)cc32)CN1. The van der Waals surface area contributed by atoms with Gasteiger partial charge in [0.1, 0.15) is 0 Å². The summed E-state index contributed by atoms with van der Waals surface area (Å²) in [6.45, 7) is 2.92. The van der Waals surface area contributed by atoms with Crippen LogP contribution in [0.5, 0.6) is 0 Å². The monoisotopic (exact) mass is 360 g/mol. The summed E-state index contributed by atoms with van der Waals surface area (Å²) in [6.07, 6.45) is 7.33. The Balaban J connectivity index is 1.48. The largest absolute Gasteiger partial charge is 0.355 e. The molecule has 2 fully saturated rings. The summed E-state index contributed by atoms with van der Waals surface area (Å²) in [7, 11) is 0. The Labute approximate surface area is 159 Å². The molecule has 1 spiro atoms. The minimum absolute atomic E-state index is 0.00106. The Morgan fingerprint density at radius 3 is 2.78 bits per heavy atom. The van der Waals surface area contributed by atoms with Gasteiger partial charge in [0, 0.05) is 48.3 Å². The Bertz CT molecular complexity index is 965. The number of hydrogen-bond acceptors (Lipinski definition) is 4. The first-order valence-electron chi connectivity index (χ1n) is 10.3. The number of amides is 1. The lowest BCUT2D eigenvalue weighted by Gasteiger charge is -2.31. The number of anilines is 1. The van der Waals surface area contributed by atoms with Crippen molar-refractivity contribution in [1.29, 1.82) is 0 Å². The molecule has 2 saturated heterocycles. The zero-order valence-electron chi connectivity index (χ0n) is 15.6. The van der Waals surface area contributed by atoms with Crippen LogP contribution in [0.4, 0.5) is 5.95 Å². The van der Waals surface area contributed by atoms with Gasteiger partial charge in [-0.2, -0.15) is 0 Å². The molecule has 1 amide bonds. The first-order valence-corrected chi connectivity index (χ1v) is 10.3. The van der Waals surface area contributed by atoms with Crippen LogP contribution in [0.15, 0.2) is 18.2 Å². The first-order chi connectivity index (χ1) is 13.2. The predicted octanol–water partition coefficient (Wildman–Crippen LogP) is 2.55. The highest BCUT2D eigenvalue weighted by molar-refractivity contribution is 5.81. The molecule has 2 aromatic rings. The first kappa shape index (κ1) is 15.6. The third kappa shape index (κ3) is 2.27. The van der Waals surface area contributed by atoms with Crippen molar-refractivity contribution < 1.29 is 4.79 Å². The molecule has 0 saturated carbocycles. The zero-order valence-corrected chi connectivity index (χ0v) is 15.6. The predicted molar refractivity (Wildman–Crippen MR) is 104 cm³/mol. The van der Waals surface area contributed by atoms with E-state index in [9.17, 15) is 4.79 Å². The Hall–Kier alpha value is -2.43. The van der Waals surface area contributed by atoms with Crippen LogP contribution in [0.25, 0.3) is 11.3 Å². The van der Waals surface area contributed by atoms with E-state index in [0.717, 1.165) is 57.0 Å². The fraction of sp³-hybridized carbons (Fsp3) is 0.500. The summed E-state index contributed by atoms with van der Waals surface area (Å²) in [6, 6.07) is 6.85. The van der Waals surface area contributed by atoms with Crippen LogP contribution in [0, 0.1) is 0 Å². The smallest absolute Gasteiger partial charge is 0.226 e. The highest BCUT2D eigenvalue weighted by Gasteiger charge is 2.44. The molecular weight excluding hydrogens is 336 g/mol. The van der Waals surface area contributed by atoms with E-state index in [1.165, 1.54) is 40.8 Å². The van der Waals surface area contributed by atoms with Gasteiger partial charge in [-0.1, -0.05) is 12.1 Å². The van der Waals surface area contributed by atoms with Gasteiger partial charge < -0.3 is 10.2 Å². The molecule has 2 aliphatic carbocycles. The second kappa shape index (κ2) is 5.54. The molecule has 5 nitrogen and oxygen atoms in total. The molecule has 1 aromatic carbocycles. The number of hydrogen-bond donors (Lipinski definition) is 1. The summed E-state index contributed by atoms with van der Waals surface area (Å²) in [5, 5.41) is 3.06. The molecule has 27 heavy (non-hydrogen) atoms. The lowest BCUT2D eigenvalue weighted by molar-refractivity contribution is -0.119. The van der Waals surface area contributed by atoms with Crippen molar-refractivity contribution >= 4 is 11.9 Å². The van der Waals surface area contributed by atoms with E-state index >= 15 is 0 Å². The van der Waals surface area contributed by atoms with Crippen molar-refractivity contribution in [3.63, 3.8) is 0 Å². The van der Waals surface area contributed by atoms with Crippen molar-refractivity contribution in [2.75, 3.05) is 24.5 Å². The van der Waals surface area contributed by atoms with Gasteiger partial charge in [-0.25, -0.2) is 9.97 Å². The second-order valence-corrected chi connectivity index (χ2v) is 8.60. The van der Waals surface area contributed by atoms with Gasteiger partial charge in [-0.15, -0.1) is 0 Å². The maximum absolute atomic E-state index is 11.9. The zero-order chi connectivity index (χ0) is 18.0. The summed E-state index contributed by atoms with van der Waals surface area (Å²) in [5.41, 5.74) is 7.69. The minimum atomic E-state index is -0.00106. The fourth-order valence-corrected chi connectivity index (χ4v) is 5.33. The topological polar surface area (TPSA) is 58.1 Å². The molecule has 5 heteroatoms. The molecule has 1 unspecified atom stereocenters. The van der Waals surface area contributed by atoms with Crippen molar-refractivity contribution in [3.8, 4) is 11.3 Å². The van der Waals surface area contributed by atoms with Gasteiger partial charge in [-0.05, 0) is 55.7 Å². The summed E-state index contributed by atoms with van der Waals surface area (Å²) < 4.78 is 0. The normalized spacial score (nSPS) is 25.5. The van der Waals surface area contributed by atoms with Crippen LogP contribution in [0.2, 0.25) is 0 Å². The lowest BCUT2D eigenvalue weighted by atomic mass is 9.80. The van der Waals surface area contributed by atoms with Gasteiger partial charge >= 0.3 is 0 Å². The van der Waals surface area contributed by atoms with Crippen LogP contribution in [0.3, 0.4) is 0 Å². The number of carbonyl (C=O) groups is 1. The number of nitrogens with zero attached hydrogens (tertiary/aromatic N) is 3. The number of nitrogens with one attached hydrogen (secondary N) is 1. The average molecular weight is 360 g/mol. The summed E-state index contributed by atoms with van der Waals surface area (Å²) >= 11 is 0. The summed E-state index contributed by atoms with van der Waals surface area (Å²) in [5.74, 6) is 1.10. The second-order valence-electron chi connectivity index (χ2n) is 8.60. The van der Waals surface area contributed by atoms with Crippen LogP contribution < -0.4 is 10.2 Å². The van der Waals surface area contributed by atoms with Crippen molar-refractivity contribution in [1.82, 2.24) is 15.3 Å². The van der Waals surface area contributed by atoms with Gasteiger partial charge in [-0.3, -0.25) is 4.79 Å². The highest BCUT2D eigenvalue weighted by Crippen LogP contribution is 2.45. The molecule has 0 radical (unpaired) electrons. The van der Waals surface area contributed by atoms with Crippen LogP contribution in [0.1, 0.15) is 48.1 Å². The molecule has 3 heterocycles. The van der Waals surface area contributed by atoms with Crippen LogP contribution in [-0.2, 0) is 29.5 Å². The third-order valence-electron chi connectivity index (χ3n) is 7.01.